The van der Waals surface area contributed by atoms with E-state index in [0.29, 0.717) is 23.9 Å². The van der Waals surface area contributed by atoms with Gasteiger partial charge in [-0.05, 0) is 36.6 Å². The maximum absolute atomic E-state index is 12.9. The van der Waals surface area contributed by atoms with E-state index in [9.17, 15) is 9.18 Å². The molecule has 0 fully saturated rings. The third kappa shape index (κ3) is 4.70. The van der Waals surface area contributed by atoms with E-state index in [1.165, 1.54) is 12.1 Å². The van der Waals surface area contributed by atoms with Gasteiger partial charge in [-0.25, -0.2) is 4.39 Å². The molecule has 5 heteroatoms. The van der Waals surface area contributed by atoms with E-state index in [4.69, 9.17) is 4.52 Å². The summed E-state index contributed by atoms with van der Waals surface area (Å²) in [7, 11) is 0. The Balaban J connectivity index is 1.91. The minimum atomic E-state index is -0.303. The summed E-state index contributed by atoms with van der Waals surface area (Å²) in [6, 6.07) is 7.65. The molecule has 0 unspecified atom stereocenters. The van der Waals surface area contributed by atoms with Gasteiger partial charge in [0.15, 0.2) is 5.76 Å². The number of carbonyl (C=O) groups is 1. The Morgan fingerprint density at radius 2 is 2.05 bits per heavy atom. The zero-order chi connectivity index (χ0) is 15.2. The highest BCUT2D eigenvalue weighted by Gasteiger charge is 2.10. The summed E-state index contributed by atoms with van der Waals surface area (Å²) < 4.78 is 18.0. The van der Waals surface area contributed by atoms with Crippen molar-refractivity contribution in [2.24, 2.45) is 5.92 Å². The molecule has 1 aromatic carbocycles. The molecule has 1 amide bonds. The van der Waals surface area contributed by atoms with Gasteiger partial charge in [-0.15, -0.1) is 0 Å². The van der Waals surface area contributed by atoms with Crippen molar-refractivity contribution < 1.29 is 13.7 Å². The Morgan fingerprint density at radius 1 is 1.33 bits per heavy atom. The third-order valence-corrected chi connectivity index (χ3v) is 3.07. The zero-order valence-corrected chi connectivity index (χ0v) is 12.2. The highest BCUT2D eigenvalue weighted by Crippen LogP contribution is 2.20. The van der Waals surface area contributed by atoms with Gasteiger partial charge in [0.1, 0.15) is 5.82 Å². The van der Waals surface area contributed by atoms with E-state index in [1.54, 1.807) is 18.2 Å². The monoisotopic (exact) mass is 290 g/mol. The second-order valence-electron chi connectivity index (χ2n) is 5.40. The summed E-state index contributed by atoms with van der Waals surface area (Å²) in [5.41, 5.74) is 1.30. The second-order valence-corrected chi connectivity index (χ2v) is 5.40. The Morgan fingerprint density at radius 3 is 2.71 bits per heavy atom. The van der Waals surface area contributed by atoms with Crippen LogP contribution in [0.1, 0.15) is 26.0 Å². The van der Waals surface area contributed by atoms with Crippen LogP contribution in [-0.4, -0.2) is 17.6 Å². The topological polar surface area (TPSA) is 55.1 Å². The first-order chi connectivity index (χ1) is 10.0. The molecule has 0 aliphatic rings. The molecular weight excluding hydrogens is 271 g/mol. The van der Waals surface area contributed by atoms with E-state index in [0.717, 1.165) is 12.0 Å². The fourth-order valence-corrected chi connectivity index (χ4v) is 1.87. The van der Waals surface area contributed by atoms with Crippen LogP contribution in [0, 0.1) is 11.7 Å². The molecule has 2 aromatic rings. The van der Waals surface area contributed by atoms with Crippen LogP contribution in [0.5, 0.6) is 0 Å². The van der Waals surface area contributed by atoms with Gasteiger partial charge >= 0.3 is 0 Å². The van der Waals surface area contributed by atoms with Crippen molar-refractivity contribution in [2.45, 2.75) is 26.7 Å². The SMILES string of the molecule is CC(C)CCNC(=O)Cc1cc(-c2ccc(F)cc2)on1. The summed E-state index contributed by atoms with van der Waals surface area (Å²) in [6.45, 7) is 4.89. The molecule has 0 aliphatic heterocycles. The fourth-order valence-electron chi connectivity index (χ4n) is 1.87. The number of carbonyl (C=O) groups excluding carboxylic acids is 1. The van der Waals surface area contributed by atoms with Crippen LogP contribution < -0.4 is 5.32 Å². The molecule has 4 nitrogen and oxygen atoms in total. The molecule has 1 aromatic heterocycles. The summed E-state index contributed by atoms with van der Waals surface area (Å²) in [6.07, 6.45) is 1.13. The Bertz CT molecular complexity index is 591. The number of halogens is 1. The number of hydrogen-bond acceptors (Lipinski definition) is 3. The highest BCUT2D eigenvalue weighted by molar-refractivity contribution is 5.78. The highest BCUT2D eigenvalue weighted by atomic mass is 19.1. The summed E-state index contributed by atoms with van der Waals surface area (Å²) in [5.74, 6) is 0.708. The molecule has 0 radical (unpaired) electrons. The van der Waals surface area contributed by atoms with Gasteiger partial charge < -0.3 is 9.84 Å². The van der Waals surface area contributed by atoms with Crippen molar-refractivity contribution >= 4 is 5.91 Å². The van der Waals surface area contributed by atoms with Crippen molar-refractivity contribution in [3.8, 4) is 11.3 Å². The number of benzene rings is 1. The number of hydrogen-bond donors (Lipinski definition) is 1. The van der Waals surface area contributed by atoms with E-state index in [-0.39, 0.29) is 18.1 Å². The molecule has 112 valence electrons. The fraction of sp³-hybridized carbons (Fsp3) is 0.375. The van der Waals surface area contributed by atoms with Crippen molar-refractivity contribution in [3.05, 3.63) is 41.8 Å². The molecule has 0 atom stereocenters. The normalized spacial score (nSPS) is 10.9. The molecule has 2 rings (SSSR count). The summed E-state index contributed by atoms with van der Waals surface area (Å²) in [4.78, 5) is 11.7. The molecule has 0 spiro atoms. The van der Waals surface area contributed by atoms with Gasteiger partial charge in [-0.3, -0.25) is 4.79 Å². The van der Waals surface area contributed by atoms with Crippen LogP contribution in [-0.2, 0) is 11.2 Å². The predicted octanol–water partition coefficient (Wildman–Crippen LogP) is 3.19. The molecule has 0 saturated carbocycles. The maximum atomic E-state index is 12.9. The number of nitrogens with one attached hydrogen (secondary N) is 1. The molecule has 0 aliphatic carbocycles. The van der Waals surface area contributed by atoms with E-state index in [2.05, 4.69) is 24.3 Å². The number of rotatable bonds is 6. The van der Waals surface area contributed by atoms with Crippen molar-refractivity contribution in [1.29, 1.82) is 0 Å². The molecule has 1 heterocycles. The van der Waals surface area contributed by atoms with Gasteiger partial charge in [0.2, 0.25) is 5.91 Å². The Hall–Kier alpha value is -2.17. The quantitative estimate of drug-likeness (QED) is 0.889. The first kappa shape index (κ1) is 15.2. The van der Waals surface area contributed by atoms with Gasteiger partial charge in [-0.2, -0.15) is 0 Å². The summed E-state index contributed by atoms with van der Waals surface area (Å²) in [5, 5.41) is 6.72. The first-order valence-electron chi connectivity index (χ1n) is 7.03. The third-order valence-electron chi connectivity index (χ3n) is 3.07. The molecule has 0 bridgehead atoms. The average Bonchev–Trinajstić information content (AvgIpc) is 2.87. The van der Waals surface area contributed by atoms with Gasteiger partial charge in [-0.1, -0.05) is 19.0 Å². The lowest BCUT2D eigenvalue weighted by atomic mass is 10.1. The van der Waals surface area contributed by atoms with E-state index < -0.39 is 0 Å². The summed E-state index contributed by atoms with van der Waals surface area (Å²) >= 11 is 0. The van der Waals surface area contributed by atoms with Crippen molar-refractivity contribution in [2.75, 3.05) is 6.54 Å². The lowest BCUT2D eigenvalue weighted by Gasteiger charge is -2.05. The standard InChI is InChI=1S/C16H19FN2O2/c1-11(2)7-8-18-16(20)10-14-9-15(21-19-14)12-3-5-13(17)6-4-12/h3-6,9,11H,7-8,10H2,1-2H3,(H,18,20). The second kappa shape index (κ2) is 7.02. The number of nitrogens with zero attached hydrogens (tertiary/aromatic N) is 1. The maximum Gasteiger partial charge on any atom is 0.226 e. The molecule has 21 heavy (non-hydrogen) atoms. The Kier molecular flexibility index (Phi) is 5.09. The molecular formula is C16H19FN2O2. The smallest absolute Gasteiger partial charge is 0.226 e. The van der Waals surface area contributed by atoms with Gasteiger partial charge in [0.25, 0.3) is 0 Å². The van der Waals surface area contributed by atoms with Crippen LogP contribution >= 0.6 is 0 Å². The van der Waals surface area contributed by atoms with Crippen LogP contribution in [0.4, 0.5) is 4.39 Å². The molecule has 0 saturated heterocycles. The zero-order valence-electron chi connectivity index (χ0n) is 12.2. The average molecular weight is 290 g/mol. The predicted molar refractivity (Wildman–Crippen MR) is 78.1 cm³/mol. The van der Waals surface area contributed by atoms with Gasteiger partial charge in [0, 0.05) is 18.2 Å². The number of aromatic nitrogens is 1. The molecule has 1 N–H and O–H groups in total. The van der Waals surface area contributed by atoms with E-state index in [1.807, 2.05) is 0 Å². The van der Waals surface area contributed by atoms with Crippen LogP contribution in [0.25, 0.3) is 11.3 Å². The largest absolute Gasteiger partial charge is 0.356 e. The Labute approximate surface area is 123 Å². The first-order valence-corrected chi connectivity index (χ1v) is 7.03. The lowest BCUT2D eigenvalue weighted by Crippen LogP contribution is -2.26. The van der Waals surface area contributed by atoms with Crippen LogP contribution in [0.15, 0.2) is 34.9 Å². The van der Waals surface area contributed by atoms with E-state index >= 15 is 0 Å². The number of amides is 1. The van der Waals surface area contributed by atoms with Crippen molar-refractivity contribution in [3.63, 3.8) is 0 Å². The van der Waals surface area contributed by atoms with Gasteiger partial charge in [0.05, 0.1) is 12.1 Å². The van der Waals surface area contributed by atoms with Crippen LogP contribution in [0.3, 0.4) is 0 Å². The van der Waals surface area contributed by atoms with Crippen LogP contribution in [0.2, 0.25) is 0 Å². The minimum absolute atomic E-state index is 0.0744. The lowest BCUT2D eigenvalue weighted by molar-refractivity contribution is -0.120. The minimum Gasteiger partial charge on any atom is -0.356 e. The van der Waals surface area contributed by atoms with Crippen molar-refractivity contribution in [1.82, 2.24) is 10.5 Å².